The highest BCUT2D eigenvalue weighted by Crippen LogP contribution is 2.31. The maximum Gasteiger partial charge on any atom is 0.432 e. The maximum absolute atomic E-state index is 12.7. The Labute approximate surface area is 141 Å². The lowest BCUT2D eigenvalue weighted by Crippen LogP contribution is -2.40. The number of pyridine rings is 1. The normalized spacial score (nSPS) is 18.4. The van der Waals surface area contributed by atoms with Crippen molar-refractivity contribution >= 4 is 5.91 Å². The van der Waals surface area contributed by atoms with E-state index in [1.54, 1.807) is 11.8 Å². The lowest BCUT2D eigenvalue weighted by Gasteiger charge is -2.32. The van der Waals surface area contributed by atoms with Crippen LogP contribution < -0.4 is 5.56 Å². The monoisotopic (exact) mass is 354 g/mol. The van der Waals surface area contributed by atoms with E-state index in [0.717, 1.165) is 6.20 Å². The maximum atomic E-state index is 12.7. The van der Waals surface area contributed by atoms with Gasteiger partial charge in [0.1, 0.15) is 11.5 Å². The Morgan fingerprint density at radius 2 is 2.08 bits per heavy atom. The van der Waals surface area contributed by atoms with Gasteiger partial charge in [0.25, 0.3) is 5.91 Å². The molecule has 25 heavy (non-hydrogen) atoms. The standard InChI is InChI=1S/C16H17F3N4O2/c1-9-11(4-5-13(24)21-9)15(25)23-6-2-3-10(8-23)14-20-7-12(22-14)16(17,18)19/h4-5,7,10H,2-3,6,8H2,1H3,(H,20,22)(H,21,24). The number of aromatic amines is 2. The molecule has 0 radical (unpaired) electrons. The summed E-state index contributed by atoms with van der Waals surface area (Å²) in [5.41, 5.74) is -0.323. The number of piperidine rings is 1. The summed E-state index contributed by atoms with van der Waals surface area (Å²) in [6, 6.07) is 2.75. The van der Waals surface area contributed by atoms with E-state index in [4.69, 9.17) is 0 Å². The van der Waals surface area contributed by atoms with Crippen molar-refractivity contribution in [2.24, 2.45) is 0 Å². The first kappa shape index (κ1) is 17.2. The second kappa shape index (κ2) is 6.38. The molecule has 1 amide bonds. The molecule has 0 aromatic carbocycles. The lowest BCUT2D eigenvalue weighted by atomic mass is 9.96. The van der Waals surface area contributed by atoms with Crippen LogP contribution in [0.3, 0.4) is 0 Å². The third kappa shape index (κ3) is 3.59. The van der Waals surface area contributed by atoms with E-state index >= 15 is 0 Å². The average molecular weight is 354 g/mol. The molecule has 1 fully saturated rings. The molecular weight excluding hydrogens is 337 g/mol. The van der Waals surface area contributed by atoms with Gasteiger partial charge in [-0.3, -0.25) is 9.59 Å². The second-order valence-corrected chi connectivity index (χ2v) is 6.13. The largest absolute Gasteiger partial charge is 0.432 e. The van der Waals surface area contributed by atoms with Crippen LogP contribution in [0.15, 0.2) is 23.1 Å². The molecule has 3 rings (SSSR count). The molecule has 1 unspecified atom stereocenters. The number of carbonyl (C=O) groups excluding carboxylic acids is 1. The van der Waals surface area contributed by atoms with E-state index in [2.05, 4.69) is 15.0 Å². The zero-order chi connectivity index (χ0) is 18.2. The van der Waals surface area contributed by atoms with Gasteiger partial charge < -0.3 is 14.9 Å². The fraction of sp³-hybridized carbons (Fsp3) is 0.438. The summed E-state index contributed by atoms with van der Waals surface area (Å²) in [6.07, 6.45) is -2.37. The Bertz CT molecular complexity index is 840. The minimum Gasteiger partial charge on any atom is -0.338 e. The number of hydrogen-bond acceptors (Lipinski definition) is 3. The van der Waals surface area contributed by atoms with Gasteiger partial charge in [-0.15, -0.1) is 0 Å². The van der Waals surface area contributed by atoms with Crippen molar-refractivity contribution in [2.45, 2.75) is 31.9 Å². The number of nitrogens with one attached hydrogen (secondary N) is 2. The molecule has 0 bridgehead atoms. The molecule has 3 heterocycles. The third-order valence-electron chi connectivity index (χ3n) is 4.34. The Hall–Kier alpha value is -2.58. The van der Waals surface area contributed by atoms with E-state index in [1.807, 2.05) is 0 Å². The van der Waals surface area contributed by atoms with Crippen molar-refractivity contribution in [2.75, 3.05) is 13.1 Å². The number of likely N-dealkylation sites (tertiary alicyclic amines) is 1. The molecule has 1 atom stereocenters. The van der Waals surface area contributed by atoms with Crippen molar-refractivity contribution in [3.05, 3.63) is 51.5 Å². The summed E-state index contributed by atoms with van der Waals surface area (Å²) in [5, 5.41) is 0. The van der Waals surface area contributed by atoms with Gasteiger partial charge in [-0.05, 0) is 25.8 Å². The second-order valence-electron chi connectivity index (χ2n) is 6.13. The Morgan fingerprint density at radius 3 is 2.72 bits per heavy atom. The molecule has 134 valence electrons. The number of halogens is 3. The van der Waals surface area contributed by atoms with Crippen molar-refractivity contribution in [3.63, 3.8) is 0 Å². The van der Waals surface area contributed by atoms with Crippen molar-refractivity contribution in [3.8, 4) is 0 Å². The van der Waals surface area contributed by atoms with Crippen LogP contribution in [0.4, 0.5) is 13.2 Å². The van der Waals surface area contributed by atoms with Crippen LogP contribution in [0.1, 0.15) is 46.3 Å². The predicted molar refractivity (Wildman–Crippen MR) is 83.3 cm³/mol. The number of alkyl halides is 3. The van der Waals surface area contributed by atoms with E-state index in [1.165, 1.54) is 12.1 Å². The molecule has 2 N–H and O–H groups in total. The first-order valence-corrected chi connectivity index (χ1v) is 7.87. The smallest absolute Gasteiger partial charge is 0.338 e. The van der Waals surface area contributed by atoms with Gasteiger partial charge in [-0.25, -0.2) is 4.98 Å². The summed E-state index contributed by atoms with van der Waals surface area (Å²) in [6.45, 7) is 2.43. The van der Waals surface area contributed by atoms with E-state index < -0.39 is 11.9 Å². The predicted octanol–water partition coefficient (Wildman–Crippen LogP) is 2.45. The number of nitrogens with zero attached hydrogens (tertiary/aromatic N) is 2. The minimum absolute atomic E-state index is 0.239. The van der Waals surface area contributed by atoms with Gasteiger partial charge >= 0.3 is 6.18 Å². The van der Waals surface area contributed by atoms with Crippen LogP contribution >= 0.6 is 0 Å². The molecule has 9 heteroatoms. The van der Waals surface area contributed by atoms with Crippen LogP contribution in [-0.4, -0.2) is 38.8 Å². The highest BCUT2D eigenvalue weighted by molar-refractivity contribution is 5.95. The summed E-state index contributed by atoms with van der Waals surface area (Å²) in [4.78, 5) is 34.3. The van der Waals surface area contributed by atoms with Crippen LogP contribution in [0.2, 0.25) is 0 Å². The summed E-state index contributed by atoms with van der Waals surface area (Å²) < 4.78 is 38.1. The van der Waals surface area contributed by atoms with Gasteiger partial charge in [0, 0.05) is 30.8 Å². The number of carbonyl (C=O) groups is 1. The number of amides is 1. The number of aromatic nitrogens is 3. The lowest BCUT2D eigenvalue weighted by molar-refractivity contribution is -0.141. The van der Waals surface area contributed by atoms with Crippen molar-refractivity contribution in [1.29, 1.82) is 0 Å². The number of H-pyrrole nitrogens is 2. The highest BCUT2D eigenvalue weighted by Gasteiger charge is 2.35. The van der Waals surface area contributed by atoms with Crippen molar-refractivity contribution < 1.29 is 18.0 Å². The topological polar surface area (TPSA) is 81.8 Å². The fourth-order valence-electron chi connectivity index (χ4n) is 3.05. The first-order chi connectivity index (χ1) is 11.8. The summed E-state index contributed by atoms with van der Waals surface area (Å²) in [5.74, 6) is -0.291. The molecular formula is C16H17F3N4O2. The number of hydrogen-bond donors (Lipinski definition) is 2. The molecule has 0 aliphatic carbocycles. The molecule has 2 aromatic heterocycles. The summed E-state index contributed by atoms with van der Waals surface area (Å²) >= 11 is 0. The number of rotatable bonds is 2. The molecule has 1 aliphatic heterocycles. The number of aryl methyl sites for hydroxylation is 1. The summed E-state index contributed by atoms with van der Waals surface area (Å²) in [7, 11) is 0. The third-order valence-corrected chi connectivity index (χ3v) is 4.34. The zero-order valence-corrected chi connectivity index (χ0v) is 13.5. The minimum atomic E-state index is -4.47. The molecule has 1 saturated heterocycles. The van der Waals surface area contributed by atoms with Gasteiger partial charge in [0.15, 0.2) is 0 Å². The van der Waals surface area contributed by atoms with Crippen LogP contribution in [0.25, 0.3) is 0 Å². The molecule has 2 aromatic rings. The molecule has 6 nitrogen and oxygen atoms in total. The van der Waals surface area contributed by atoms with Crippen LogP contribution in [0, 0.1) is 6.92 Å². The van der Waals surface area contributed by atoms with Crippen LogP contribution in [0.5, 0.6) is 0 Å². The van der Waals surface area contributed by atoms with Gasteiger partial charge in [-0.1, -0.05) is 0 Å². The van der Waals surface area contributed by atoms with Crippen LogP contribution in [-0.2, 0) is 6.18 Å². The van der Waals surface area contributed by atoms with Gasteiger partial charge in [-0.2, -0.15) is 13.2 Å². The van der Waals surface area contributed by atoms with E-state index in [9.17, 15) is 22.8 Å². The molecule has 0 spiro atoms. The van der Waals surface area contributed by atoms with E-state index in [0.29, 0.717) is 30.6 Å². The number of imidazole rings is 1. The Kier molecular flexibility index (Phi) is 4.40. The first-order valence-electron chi connectivity index (χ1n) is 7.87. The fourth-order valence-corrected chi connectivity index (χ4v) is 3.05. The molecule has 0 saturated carbocycles. The van der Waals surface area contributed by atoms with E-state index in [-0.39, 0.29) is 29.8 Å². The highest BCUT2D eigenvalue weighted by atomic mass is 19.4. The Morgan fingerprint density at radius 1 is 1.32 bits per heavy atom. The zero-order valence-electron chi connectivity index (χ0n) is 13.5. The Balaban J connectivity index is 1.78. The SMILES string of the molecule is Cc1[nH]c(=O)ccc1C(=O)N1CCCC(c2ncc(C(F)(F)F)[nH]2)C1. The van der Waals surface area contributed by atoms with Gasteiger partial charge in [0.05, 0.1) is 11.8 Å². The van der Waals surface area contributed by atoms with Gasteiger partial charge in [0.2, 0.25) is 5.56 Å². The quantitative estimate of drug-likeness (QED) is 0.869. The average Bonchev–Trinajstić information content (AvgIpc) is 3.05. The van der Waals surface area contributed by atoms with Crippen molar-refractivity contribution in [1.82, 2.24) is 19.9 Å². The molecule has 1 aliphatic rings.